The standard InChI is InChI=1S/C10H6N2O2.C7H8/c1-2-4-8-7(3-1)5-9(14-8)10-12-11-6-13-10;1-7-5-3-2-4-6-7/h1-6H;2-6H,1H3. The van der Waals surface area contributed by atoms with Crippen molar-refractivity contribution < 1.29 is 8.83 Å². The average Bonchev–Trinajstić information content (AvgIpc) is 3.18. The Bertz CT molecular complexity index is 772. The summed E-state index contributed by atoms with van der Waals surface area (Å²) in [6.07, 6.45) is 1.28. The maximum absolute atomic E-state index is 5.52. The van der Waals surface area contributed by atoms with Gasteiger partial charge < -0.3 is 8.83 Å². The zero-order chi connectivity index (χ0) is 14.5. The number of hydrogen-bond acceptors (Lipinski definition) is 4. The fraction of sp³-hybridized carbons (Fsp3) is 0.0588. The third-order valence-electron chi connectivity index (χ3n) is 2.94. The number of rotatable bonds is 1. The van der Waals surface area contributed by atoms with Crippen LogP contribution in [0.1, 0.15) is 5.56 Å². The van der Waals surface area contributed by atoms with E-state index in [0.717, 1.165) is 11.0 Å². The normalized spacial score (nSPS) is 10.1. The molecule has 0 radical (unpaired) electrons. The molecule has 4 rings (SSSR count). The molecule has 4 aromatic rings. The SMILES string of the molecule is Cc1ccccc1.c1ccc2oc(-c3nnco3)cc2c1. The van der Waals surface area contributed by atoms with E-state index in [-0.39, 0.29) is 0 Å². The first kappa shape index (κ1) is 13.1. The van der Waals surface area contributed by atoms with Gasteiger partial charge in [0.2, 0.25) is 6.39 Å². The highest BCUT2D eigenvalue weighted by molar-refractivity contribution is 5.81. The van der Waals surface area contributed by atoms with Crippen molar-refractivity contribution in [1.29, 1.82) is 0 Å². The first-order valence-electron chi connectivity index (χ1n) is 6.60. The van der Waals surface area contributed by atoms with Crippen molar-refractivity contribution in [2.75, 3.05) is 0 Å². The monoisotopic (exact) mass is 278 g/mol. The van der Waals surface area contributed by atoms with E-state index in [1.54, 1.807) is 0 Å². The number of hydrogen-bond donors (Lipinski definition) is 0. The van der Waals surface area contributed by atoms with Crippen LogP contribution < -0.4 is 0 Å². The van der Waals surface area contributed by atoms with E-state index in [2.05, 4.69) is 29.3 Å². The van der Waals surface area contributed by atoms with Crippen molar-refractivity contribution in [3.63, 3.8) is 0 Å². The van der Waals surface area contributed by atoms with Crippen molar-refractivity contribution in [1.82, 2.24) is 10.2 Å². The van der Waals surface area contributed by atoms with Gasteiger partial charge in [-0.15, -0.1) is 10.2 Å². The third kappa shape index (κ3) is 3.17. The topological polar surface area (TPSA) is 52.1 Å². The highest BCUT2D eigenvalue weighted by Gasteiger charge is 2.09. The van der Waals surface area contributed by atoms with Crippen molar-refractivity contribution in [3.05, 3.63) is 72.6 Å². The lowest BCUT2D eigenvalue weighted by molar-refractivity contribution is 0.532. The molecule has 2 aromatic heterocycles. The molecular weight excluding hydrogens is 264 g/mol. The van der Waals surface area contributed by atoms with Gasteiger partial charge in [-0.1, -0.05) is 54.1 Å². The lowest BCUT2D eigenvalue weighted by Gasteiger charge is -1.84. The van der Waals surface area contributed by atoms with Gasteiger partial charge in [0.1, 0.15) is 5.58 Å². The Balaban J connectivity index is 0.000000160. The first-order chi connectivity index (χ1) is 10.3. The second kappa shape index (κ2) is 6.05. The van der Waals surface area contributed by atoms with Crippen LogP contribution in [-0.2, 0) is 0 Å². The molecule has 0 bridgehead atoms. The number of para-hydroxylation sites is 1. The molecule has 2 heterocycles. The number of furan rings is 1. The van der Waals surface area contributed by atoms with Crippen LogP contribution in [0.25, 0.3) is 22.6 Å². The number of fused-ring (bicyclic) bond motifs is 1. The van der Waals surface area contributed by atoms with Gasteiger partial charge in [-0.05, 0) is 19.1 Å². The summed E-state index contributed by atoms with van der Waals surface area (Å²) in [5.74, 6) is 1.00. The minimum atomic E-state index is 0.404. The second-order valence-corrected chi connectivity index (χ2v) is 4.55. The maximum Gasteiger partial charge on any atom is 0.283 e. The number of nitrogens with zero attached hydrogens (tertiary/aromatic N) is 2. The molecular formula is C17H14N2O2. The minimum Gasteiger partial charge on any atom is -0.451 e. The second-order valence-electron chi connectivity index (χ2n) is 4.55. The van der Waals surface area contributed by atoms with Crippen molar-refractivity contribution >= 4 is 11.0 Å². The molecule has 2 aromatic carbocycles. The molecule has 0 spiro atoms. The van der Waals surface area contributed by atoms with Crippen LogP contribution in [0.15, 0.2) is 75.9 Å². The summed E-state index contributed by atoms with van der Waals surface area (Å²) in [5, 5.41) is 8.39. The van der Waals surface area contributed by atoms with Gasteiger partial charge >= 0.3 is 0 Å². The highest BCUT2D eigenvalue weighted by Crippen LogP contribution is 2.25. The van der Waals surface area contributed by atoms with Crippen LogP contribution in [-0.4, -0.2) is 10.2 Å². The van der Waals surface area contributed by atoms with E-state index >= 15 is 0 Å². The summed E-state index contributed by atoms with van der Waals surface area (Å²) < 4.78 is 10.5. The molecule has 0 saturated carbocycles. The van der Waals surface area contributed by atoms with E-state index in [0.29, 0.717) is 11.7 Å². The Labute approximate surface area is 122 Å². The quantitative estimate of drug-likeness (QED) is 0.515. The first-order valence-corrected chi connectivity index (χ1v) is 6.60. The molecule has 0 aliphatic heterocycles. The number of benzene rings is 2. The van der Waals surface area contributed by atoms with E-state index in [4.69, 9.17) is 8.83 Å². The summed E-state index contributed by atoms with van der Waals surface area (Å²) in [6.45, 7) is 2.08. The van der Waals surface area contributed by atoms with Crippen LogP contribution >= 0.6 is 0 Å². The van der Waals surface area contributed by atoms with Crippen LogP contribution in [0.3, 0.4) is 0 Å². The molecule has 0 unspecified atom stereocenters. The third-order valence-corrected chi connectivity index (χ3v) is 2.94. The summed E-state index contributed by atoms with van der Waals surface area (Å²) in [5.41, 5.74) is 2.14. The van der Waals surface area contributed by atoms with Crippen molar-refractivity contribution in [2.24, 2.45) is 0 Å². The molecule has 0 atom stereocenters. The predicted octanol–water partition coefficient (Wildman–Crippen LogP) is 4.48. The zero-order valence-corrected chi connectivity index (χ0v) is 11.6. The maximum atomic E-state index is 5.52. The van der Waals surface area contributed by atoms with Gasteiger partial charge in [0.15, 0.2) is 5.76 Å². The molecule has 21 heavy (non-hydrogen) atoms. The van der Waals surface area contributed by atoms with Gasteiger partial charge in [-0.2, -0.15) is 0 Å². The van der Waals surface area contributed by atoms with Crippen molar-refractivity contribution in [2.45, 2.75) is 6.92 Å². The van der Waals surface area contributed by atoms with Gasteiger partial charge in [0.25, 0.3) is 5.89 Å². The molecule has 0 aliphatic rings. The van der Waals surface area contributed by atoms with E-state index in [1.165, 1.54) is 12.0 Å². The summed E-state index contributed by atoms with van der Waals surface area (Å²) in [6, 6.07) is 19.9. The highest BCUT2D eigenvalue weighted by atomic mass is 16.4. The van der Waals surface area contributed by atoms with Crippen LogP contribution in [0.2, 0.25) is 0 Å². The molecule has 104 valence electrons. The predicted molar refractivity (Wildman–Crippen MR) is 80.7 cm³/mol. The van der Waals surface area contributed by atoms with Crippen LogP contribution in [0.4, 0.5) is 0 Å². The smallest absolute Gasteiger partial charge is 0.283 e. The molecule has 4 nitrogen and oxygen atoms in total. The Kier molecular flexibility index (Phi) is 3.78. The number of aromatic nitrogens is 2. The Morgan fingerprint density at radius 3 is 2.29 bits per heavy atom. The average molecular weight is 278 g/mol. The Morgan fingerprint density at radius 1 is 0.905 bits per heavy atom. The van der Waals surface area contributed by atoms with Gasteiger partial charge in [-0.25, -0.2) is 0 Å². The van der Waals surface area contributed by atoms with E-state index in [9.17, 15) is 0 Å². The fourth-order valence-electron chi connectivity index (χ4n) is 1.90. The Morgan fingerprint density at radius 2 is 1.67 bits per heavy atom. The fourth-order valence-corrected chi connectivity index (χ4v) is 1.90. The lowest BCUT2D eigenvalue weighted by atomic mass is 10.2. The Hall–Kier alpha value is -2.88. The van der Waals surface area contributed by atoms with Crippen LogP contribution in [0, 0.1) is 6.92 Å². The van der Waals surface area contributed by atoms with Crippen molar-refractivity contribution in [3.8, 4) is 11.7 Å². The van der Waals surface area contributed by atoms with Gasteiger partial charge in [0, 0.05) is 5.39 Å². The lowest BCUT2D eigenvalue weighted by Crippen LogP contribution is -1.71. The molecule has 0 saturated heterocycles. The molecule has 0 N–H and O–H groups in total. The van der Waals surface area contributed by atoms with E-state index < -0.39 is 0 Å². The zero-order valence-electron chi connectivity index (χ0n) is 11.6. The van der Waals surface area contributed by atoms with Gasteiger partial charge in [0.05, 0.1) is 0 Å². The molecule has 0 fully saturated rings. The summed E-state index contributed by atoms with van der Waals surface area (Å²) in [7, 11) is 0. The minimum absolute atomic E-state index is 0.404. The summed E-state index contributed by atoms with van der Waals surface area (Å²) in [4.78, 5) is 0. The number of aryl methyl sites for hydroxylation is 1. The van der Waals surface area contributed by atoms with Crippen LogP contribution in [0.5, 0.6) is 0 Å². The molecule has 4 heteroatoms. The molecule has 0 aliphatic carbocycles. The van der Waals surface area contributed by atoms with Gasteiger partial charge in [-0.3, -0.25) is 0 Å². The molecule has 0 amide bonds. The van der Waals surface area contributed by atoms with E-state index in [1.807, 2.05) is 48.5 Å². The summed E-state index contributed by atoms with van der Waals surface area (Å²) >= 11 is 0. The largest absolute Gasteiger partial charge is 0.451 e.